The molecule has 1 heterocycles. The summed E-state index contributed by atoms with van der Waals surface area (Å²) >= 11 is 3.45. The van der Waals surface area contributed by atoms with Crippen LogP contribution in [0.4, 0.5) is 0 Å². The smallest absolute Gasteiger partial charge is 0.276 e. The van der Waals surface area contributed by atoms with Crippen molar-refractivity contribution >= 4 is 33.8 Å². The number of benzene rings is 1. The summed E-state index contributed by atoms with van der Waals surface area (Å²) in [4.78, 5) is 23.4. The molecular formula is C19H21BrN2O4. The zero-order valence-electron chi connectivity index (χ0n) is 14.8. The molecule has 26 heavy (non-hydrogen) atoms. The molecule has 0 radical (unpaired) electrons. The fourth-order valence-electron chi connectivity index (χ4n) is 1.98. The Hall–Kier alpha value is -2.54. The summed E-state index contributed by atoms with van der Waals surface area (Å²) in [6.07, 6.45) is 4.25. The molecular weight excluding hydrogens is 400 g/mol. The number of hydrogen-bond acceptors (Lipinski definition) is 4. The number of carbonyl (C=O) groups excluding carboxylic acids is 2. The van der Waals surface area contributed by atoms with Gasteiger partial charge in [0.2, 0.25) is 0 Å². The maximum Gasteiger partial charge on any atom is 0.276 e. The molecule has 2 N–H and O–H groups in total. The van der Waals surface area contributed by atoms with Gasteiger partial charge in [0.15, 0.2) is 6.61 Å². The lowest BCUT2D eigenvalue weighted by Crippen LogP contribution is -2.43. The van der Waals surface area contributed by atoms with Crippen LogP contribution < -0.4 is 15.6 Å². The Balaban J connectivity index is 1.79. The van der Waals surface area contributed by atoms with Gasteiger partial charge in [-0.2, -0.15) is 0 Å². The van der Waals surface area contributed by atoms with Crippen LogP contribution in [0.15, 0.2) is 51.6 Å². The Kier molecular flexibility index (Phi) is 6.63. The highest BCUT2D eigenvalue weighted by molar-refractivity contribution is 9.10. The normalized spacial score (nSPS) is 11.4. The molecule has 1 aromatic carbocycles. The first-order valence-electron chi connectivity index (χ1n) is 7.99. The highest BCUT2D eigenvalue weighted by atomic mass is 79.9. The van der Waals surface area contributed by atoms with Gasteiger partial charge in [-0.15, -0.1) is 0 Å². The molecule has 138 valence electrons. The summed E-state index contributed by atoms with van der Waals surface area (Å²) in [5.74, 6) is 0.137. The summed E-state index contributed by atoms with van der Waals surface area (Å²) in [6.45, 7) is 6.12. The van der Waals surface area contributed by atoms with E-state index in [1.165, 1.54) is 18.4 Å². The number of rotatable bonds is 5. The summed E-state index contributed by atoms with van der Waals surface area (Å²) in [6, 6.07) is 9.15. The van der Waals surface area contributed by atoms with E-state index in [0.717, 1.165) is 10.0 Å². The van der Waals surface area contributed by atoms with Gasteiger partial charge in [0.25, 0.3) is 11.8 Å². The maximum atomic E-state index is 11.8. The van der Waals surface area contributed by atoms with Crippen LogP contribution in [0.5, 0.6) is 5.75 Å². The molecule has 2 amide bonds. The topological polar surface area (TPSA) is 80.6 Å². The van der Waals surface area contributed by atoms with Crippen molar-refractivity contribution in [2.24, 2.45) is 0 Å². The second kappa shape index (κ2) is 8.71. The number of hydrazine groups is 1. The first-order chi connectivity index (χ1) is 12.3. The maximum absolute atomic E-state index is 11.8. The third-order valence-corrected chi connectivity index (χ3v) is 4.04. The van der Waals surface area contributed by atoms with Crippen LogP contribution in [0.3, 0.4) is 0 Å². The van der Waals surface area contributed by atoms with Crippen LogP contribution >= 0.6 is 15.9 Å². The Morgan fingerprint density at radius 2 is 2.00 bits per heavy atom. The van der Waals surface area contributed by atoms with Crippen LogP contribution in [0, 0.1) is 0 Å². The minimum Gasteiger partial charge on any atom is -0.483 e. The van der Waals surface area contributed by atoms with Gasteiger partial charge in [0, 0.05) is 6.08 Å². The fraction of sp³-hybridized carbons (Fsp3) is 0.263. The Labute approximate surface area is 160 Å². The molecule has 2 aromatic rings. The van der Waals surface area contributed by atoms with Crippen LogP contribution in [0.1, 0.15) is 32.1 Å². The van der Waals surface area contributed by atoms with Gasteiger partial charge >= 0.3 is 0 Å². The second-order valence-electron chi connectivity index (χ2n) is 6.57. The summed E-state index contributed by atoms with van der Waals surface area (Å²) < 4.78 is 11.3. The van der Waals surface area contributed by atoms with Gasteiger partial charge in [-0.25, -0.2) is 0 Å². The van der Waals surface area contributed by atoms with Gasteiger partial charge < -0.3 is 9.15 Å². The zero-order chi connectivity index (χ0) is 19.2. The summed E-state index contributed by atoms with van der Waals surface area (Å²) in [5.41, 5.74) is 5.71. The Morgan fingerprint density at radius 1 is 1.23 bits per heavy atom. The van der Waals surface area contributed by atoms with Crippen LogP contribution in [-0.4, -0.2) is 18.4 Å². The largest absolute Gasteiger partial charge is 0.483 e. The lowest BCUT2D eigenvalue weighted by atomic mass is 9.87. The van der Waals surface area contributed by atoms with Crippen molar-refractivity contribution in [3.8, 4) is 5.75 Å². The Morgan fingerprint density at radius 3 is 2.62 bits per heavy atom. The lowest BCUT2D eigenvalue weighted by Gasteiger charge is -2.20. The number of carbonyl (C=O) groups is 2. The molecule has 0 atom stereocenters. The lowest BCUT2D eigenvalue weighted by molar-refractivity contribution is -0.128. The van der Waals surface area contributed by atoms with Gasteiger partial charge in [-0.1, -0.05) is 26.8 Å². The van der Waals surface area contributed by atoms with E-state index in [2.05, 4.69) is 47.6 Å². The SMILES string of the molecule is CC(C)(C)c1ccc(OCC(=O)NNC(=O)/C=C/c2ccco2)c(Br)c1. The first-order valence-corrected chi connectivity index (χ1v) is 8.78. The molecule has 0 unspecified atom stereocenters. The minimum absolute atomic E-state index is 0.0197. The molecule has 6 nitrogen and oxygen atoms in total. The van der Waals surface area contributed by atoms with E-state index in [1.54, 1.807) is 12.1 Å². The number of nitrogens with one attached hydrogen (secondary N) is 2. The fourth-order valence-corrected chi connectivity index (χ4v) is 2.47. The van der Waals surface area contributed by atoms with E-state index in [9.17, 15) is 9.59 Å². The van der Waals surface area contributed by atoms with Crippen molar-refractivity contribution in [1.29, 1.82) is 0 Å². The summed E-state index contributed by atoms with van der Waals surface area (Å²) in [5, 5.41) is 0. The number of amides is 2. The van der Waals surface area contributed by atoms with Crippen molar-refractivity contribution in [3.05, 3.63) is 58.5 Å². The zero-order valence-corrected chi connectivity index (χ0v) is 16.4. The minimum atomic E-state index is -0.481. The summed E-state index contributed by atoms with van der Waals surface area (Å²) in [7, 11) is 0. The monoisotopic (exact) mass is 420 g/mol. The van der Waals surface area contributed by atoms with Gasteiger partial charge in [0.05, 0.1) is 10.7 Å². The van der Waals surface area contributed by atoms with E-state index >= 15 is 0 Å². The van der Waals surface area contributed by atoms with E-state index in [1.807, 2.05) is 18.2 Å². The van der Waals surface area contributed by atoms with Gasteiger partial charge in [0.1, 0.15) is 11.5 Å². The van der Waals surface area contributed by atoms with Crippen molar-refractivity contribution < 1.29 is 18.7 Å². The number of hydrogen-bond donors (Lipinski definition) is 2. The van der Waals surface area contributed by atoms with Gasteiger partial charge in [-0.3, -0.25) is 20.4 Å². The predicted octanol–water partition coefficient (Wildman–Crippen LogP) is 3.58. The number of furan rings is 1. The number of halogens is 1. The first kappa shape index (κ1) is 19.8. The average molecular weight is 421 g/mol. The van der Waals surface area contributed by atoms with E-state index < -0.39 is 11.8 Å². The van der Waals surface area contributed by atoms with Crippen LogP contribution in [-0.2, 0) is 15.0 Å². The van der Waals surface area contributed by atoms with Crippen LogP contribution in [0.25, 0.3) is 6.08 Å². The van der Waals surface area contributed by atoms with Crippen LogP contribution in [0.2, 0.25) is 0 Å². The van der Waals surface area contributed by atoms with E-state index in [4.69, 9.17) is 9.15 Å². The van der Waals surface area contributed by atoms with E-state index in [0.29, 0.717) is 11.5 Å². The predicted molar refractivity (Wildman–Crippen MR) is 102 cm³/mol. The molecule has 2 rings (SSSR count). The molecule has 0 spiro atoms. The van der Waals surface area contributed by atoms with Crippen molar-refractivity contribution in [1.82, 2.24) is 10.9 Å². The highest BCUT2D eigenvalue weighted by Crippen LogP contribution is 2.31. The molecule has 0 fully saturated rings. The average Bonchev–Trinajstić information content (AvgIpc) is 3.09. The second-order valence-corrected chi connectivity index (χ2v) is 7.42. The third kappa shape index (κ3) is 6.07. The molecule has 0 aliphatic carbocycles. The Bertz CT molecular complexity index is 792. The third-order valence-electron chi connectivity index (χ3n) is 3.42. The number of ether oxygens (including phenoxy) is 1. The molecule has 0 bridgehead atoms. The molecule has 1 aromatic heterocycles. The van der Waals surface area contributed by atoms with Crippen molar-refractivity contribution in [2.75, 3.05) is 6.61 Å². The molecule has 0 saturated carbocycles. The molecule has 7 heteroatoms. The highest BCUT2D eigenvalue weighted by Gasteiger charge is 2.15. The molecule has 0 aliphatic rings. The standard InChI is InChI=1S/C19H21BrN2O4/c1-19(2,3)13-6-8-16(15(20)11-13)26-12-18(24)22-21-17(23)9-7-14-5-4-10-25-14/h4-11H,12H2,1-3H3,(H,21,23)(H,22,24)/b9-7+. The molecule has 0 saturated heterocycles. The van der Waals surface area contributed by atoms with E-state index in [-0.39, 0.29) is 12.0 Å². The van der Waals surface area contributed by atoms with Crippen molar-refractivity contribution in [3.63, 3.8) is 0 Å². The van der Waals surface area contributed by atoms with Gasteiger partial charge in [-0.05, 0) is 57.2 Å². The molecule has 0 aliphatic heterocycles. The quantitative estimate of drug-likeness (QED) is 0.572. The van der Waals surface area contributed by atoms with Crippen molar-refractivity contribution in [2.45, 2.75) is 26.2 Å².